The lowest BCUT2D eigenvalue weighted by Gasteiger charge is -2.25. The maximum atomic E-state index is 14.1. The van der Waals surface area contributed by atoms with Crippen molar-refractivity contribution in [2.24, 2.45) is 9.98 Å². The molecule has 1 unspecified atom stereocenters. The number of carbonyl (C=O) groups is 16. The van der Waals surface area contributed by atoms with Crippen LogP contribution < -0.4 is 62.6 Å². The van der Waals surface area contributed by atoms with Crippen molar-refractivity contribution in [3.05, 3.63) is 119 Å². The van der Waals surface area contributed by atoms with Gasteiger partial charge in [0.1, 0.15) is 93.7 Å². The molecule has 138 heavy (non-hydrogen) atoms. The lowest BCUT2D eigenvalue weighted by atomic mass is 10.1. The van der Waals surface area contributed by atoms with Gasteiger partial charge in [-0.1, -0.05) is 24.3 Å². The van der Waals surface area contributed by atoms with E-state index in [1.165, 1.54) is 97.1 Å². The number of esters is 6. The molecule has 4 atom stereocenters. The minimum Gasteiger partial charge on any atom is -0.460 e. The Kier molecular flexibility index (Phi) is 46.0. The van der Waals surface area contributed by atoms with Crippen molar-refractivity contribution in [2.75, 3.05) is 76.6 Å². The predicted octanol–water partition coefficient (Wildman–Crippen LogP) is 10.7. The zero-order chi connectivity index (χ0) is 104. The minimum atomic E-state index is -1.72. The Hall–Kier alpha value is -13.6. The van der Waals surface area contributed by atoms with Gasteiger partial charge in [-0.3, -0.25) is 49.0 Å². The van der Waals surface area contributed by atoms with E-state index in [4.69, 9.17) is 75.8 Å². The van der Waals surface area contributed by atoms with E-state index in [1.54, 1.807) is 166 Å². The number of rotatable bonds is 41. The van der Waals surface area contributed by atoms with Gasteiger partial charge in [0.25, 0.3) is 0 Å². The zero-order valence-corrected chi connectivity index (χ0v) is 82.8. The van der Waals surface area contributed by atoms with Crippen LogP contribution in [0.1, 0.15) is 224 Å². The number of hydrogen-bond acceptors (Lipinski definition) is 32. The first-order valence-corrected chi connectivity index (χ1v) is 44.1. The van der Waals surface area contributed by atoms with Crippen molar-refractivity contribution in [2.45, 2.75) is 274 Å². The number of nitrogens with one attached hydrogen (secondary N) is 10. The first kappa shape index (κ1) is 117. The van der Waals surface area contributed by atoms with Gasteiger partial charge in [0, 0.05) is 24.5 Å². The molecular weight excluding hydrogens is 1810 g/mol. The van der Waals surface area contributed by atoms with Gasteiger partial charge in [0.2, 0.25) is 35.5 Å². The Morgan fingerprint density at radius 1 is 0.283 bits per heavy atom. The first-order chi connectivity index (χ1) is 63.9. The number of guanidine groups is 2. The highest BCUT2D eigenvalue weighted by Crippen LogP contribution is 2.23. The van der Waals surface area contributed by atoms with Crippen molar-refractivity contribution >= 4 is 119 Å². The molecule has 0 fully saturated rings. The summed E-state index contributed by atoms with van der Waals surface area (Å²) in [4.78, 5) is 219. The summed E-state index contributed by atoms with van der Waals surface area (Å²) in [5.41, 5.74) is -6.02. The summed E-state index contributed by atoms with van der Waals surface area (Å²) in [5.74, 6) is -9.45. The molecule has 0 saturated carbocycles. The second-order valence-corrected chi connectivity index (χ2v) is 38.5. The molecule has 0 aliphatic carbocycles. The van der Waals surface area contributed by atoms with Gasteiger partial charge < -0.3 is 118 Å². The van der Waals surface area contributed by atoms with Crippen molar-refractivity contribution in [3.63, 3.8) is 0 Å². The molecular formula is C94H134N12O32. The molecule has 0 spiro atoms. The topological polar surface area (TPSA) is 566 Å². The van der Waals surface area contributed by atoms with Crippen LogP contribution in [0.2, 0.25) is 0 Å². The number of carbonyl (C=O) groups excluding carboxylic acids is 16. The number of nitrogens with zero attached hydrogens (tertiary/aromatic N) is 2. The smallest absolute Gasteiger partial charge is 0.437 e. The molecule has 762 valence electrons. The summed E-state index contributed by atoms with van der Waals surface area (Å²) < 4.78 is 87.1. The van der Waals surface area contributed by atoms with E-state index in [-0.39, 0.29) is 100 Å². The Bertz CT molecular complexity index is 4530. The SMILES string of the molecule is CC(C)(C)OC(=O)CC(NC(=O)[C@H](CC(=O)OC(C)(C)C)NC(=O)OCc1ccc(OC(=O)c2ccc(NC(=NC(=O)OC(C)(C)C)NC(=O)OC(C)(C)C)cc2)cc1)C(=O)NCCOCCOCCOCCOCCNC(=O)[C@H](CC(=O)OC(C)(C)C)NC(=O)[C@H](CC(=O)OC(C)(C)C)NC(=O)OCc1ccc(OC(=O)c2ccc(NC(=NC(=O)OC(C)(C)C)NC(=O)OC(C)(C)C)cc2)cc1. The van der Waals surface area contributed by atoms with Gasteiger partial charge in [0.15, 0.2) is 0 Å². The van der Waals surface area contributed by atoms with Crippen LogP contribution in [-0.2, 0) is 118 Å². The largest absolute Gasteiger partial charge is 0.460 e. The number of aliphatic imine (C=N–C) groups is 2. The molecule has 0 bridgehead atoms. The third-order valence-corrected chi connectivity index (χ3v) is 16.1. The van der Waals surface area contributed by atoms with E-state index in [1.807, 2.05) is 0 Å². The van der Waals surface area contributed by atoms with Crippen LogP contribution in [0, 0.1) is 0 Å². The van der Waals surface area contributed by atoms with Crippen LogP contribution in [0.25, 0.3) is 0 Å². The second kappa shape index (κ2) is 54.4. The standard InChI is InChI=1S/C94H134N12O32/c1-87(2,3)131-69(107)51-65(99-75(113)67(53-71(109)133-89(7,8)9)101-81(117)127-55-57-25-37-63(38-26-57)129-77(115)59-29-33-61(34-30-59)97-79(103-83(119)135-91(13,14)15)104-84(120)136-92(16,17)18)73(111)95-41-43-123-45-47-125-49-50-126-48-46-124-44-42-96-74(112)66(52-70(108)132-88(4,5)6)100-76(114)68(54-72(110)134-90(10,11)12)102-82(118)128-56-58-27-39-64(40-28-58)130-78(116)60-31-35-62(36-32-60)98-80(105-85(121)137-93(19,20)21)106-86(122)138-94(22,23)24/h25-40,65-68H,41-56H2,1-24H3,(H,95,111)(H,96,112)(H,99,113)(H,100,114)(H,101,117)(H,102,118)(H2,97,103,104,119,120)(H2,98,105,106,121,122)/t65-,66?,67-,68-/m0/s1. The van der Waals surface area contributed by atoms with Crippen molar-refractivity contribution in [1.29, 1.82) is 0 Å². The normalized spacial score (nSPS) is 12.9. The molecule has 10 amide bonds. The van der Waals surface area contributed by atoms with Crippen LogP contribution in [0.4, 0.5) is 40.1 Å². The van der Waals surface area contributed by atoms with Gasteiger partial charge >= 0.3 is 72.4 Å². The van der Waals surface area contributed by atoms with Crippen molar-refractivity contribution in [3.8, 4) is 11.5 Å². The van der Waals surface area contributed by atoms with Crippen LogP contribution in [0.3, 0.4) is 0 Å². The Labute approximate surface area is 802 Å². The maximum Gasteiger partial charge on any atom is 0.437 e. The highest BCUT2D eigenvalue weighted by Gasteiger charge is 2.37. The number of alkyl carbamates (subject to hydrolysis) is 4. The van der Waals surface area contributed by atoms with Gasteiger partial charge in [-0.25, -0.2) is 38.4 Å². The summed E-state index contributed by atoms with van der Waals surface area (Å²) in [6.07, 6.45) is -9.05. The van der Waals surface area contributed by atoms with Crippen molar-refractivity contribution < 1.29 is 153 Å². The molecule has 0 heterocycles. The Balaban J connectivity index is 1.25. The third-order valence-electron chi connectivity index (χ3n) is 16.1. The van der Waals surface area contributed by atoms with Crippen LogP contribution in [-0.4, -0.2) is 243 Å². The van der Waals surface area contributed by atoms with Crippen molar-refractivity contribution in [1.82, 2.24) is 42.5 Å². The second-order valence-electron chi connectivity index (χ2n) is 38.5. The molecule has 4 aromatic carbocycles. The van der Waals surface area contributed by atoms with E-state index >= 15 is 0 Å². The number of anilines is 2. The molecule has 0 radical (unpaired) electrons. The average molecular weight is 1940 g/mol. The highest BCUT2D eigenvalue weighted by atomic mass is 16.6. The molecule has 0 aliphatic heterocycles. The summed E-state index contributed by atoms with van der Waals surface area (Å²) in [5, 5.41) is 25.0. The lowest BCUT2D eigenvalue weighted by molar-refractivity contribution is -0.158. The third kappa shape index (κ3) is 53.6. The van der Waals surface area contributed by atoms with E-state index < -0.39 is 204 Å². The van der Waals surface area contributed by atoms with E-state index in [0.717, 1.165) is 0 Å². The fourth-order valence-corrected chi connectivity index (χ4v) is 10.8. The molecule has 44 nitrogen and oxygen atoms in total. The van der Waals surface area contributed by atoms with Gasteiger partial charge in [-0.2, -0.15) is 0 Å². The number of benzene rings is 4. The van der Waals surface area contributed by atoms with Gasteiger partial charge in [0.05, 0.1) is 89.7 Å². The molecule has 4 aromatic rings. The highest BCUT2D eigenvalue weighted by molar-refractivity contribution is 6.08. The summed E-state index contributed by atoms with van der Waals surface area (Å²) in [6, 6.07) is 16.4. The number of hydrogen-bond donors (Lipinski definition) is 10. The van der Waals surface area contributed by atoms with Crippen LogP contribution in [0.5, 0.6) is 11.5 Å². The Morgan fingerprint density at radius 2 is 0.536 bits per heavy atom. The van der Waals surface area contributed by atoms with E-state index in [0.29, 0.717) is 22.5 Å². The predicted molar refractivity (Wildman–Crippen MR) is 498 cm³/mol. The fourth-order valence-electron chi connectivity index (χ4n) is 10.8. The van der Waals surface area contributed by atoms with Crippen LogP contribution in [0.15, 0.2) is 107 Å². The zero-order valence-electron chi connectivity index (χ0n) is 82.8. The number of ether oxygens (including phenoxy) is 16. The maximum absolute atomic E-state index is 14.1. The molecule has 0 saturated heterocycles. The van der Waals surface area contributed by atoms with E-state index in [9.17, 15) is 76.7 Å². The molecule has 0 aliphatic rings. The minimum absolute atomic E-state index is 0.0584. The summed E-state index contributed by atoms with van der Waals surface area (Å²) in [6.45, 7) is 38.2. The van der Waals surface area contributed by atoms with Gasteiger partial charge in [-0.05, 0) is 250 Å². The van der Waals surface area contributed by atoms with Crippen LogP contribution >= 0.6 is 0 Å². The molecule has 4 rings (SSSR count). The van der Waals surface area contributed by atoms with Gasteiger partial charge in [-0.15, -0.1) is 9.98 Å². The first-order valence-electron chi connectivity index (χ1n) is 44.1. The lowest BCUT2D eigenvalue weighted by Crippen LogP contribution is -2.55. The molecule has 10 N–H and O–H groups in total. The molecule has 0 aromatic heterocycles. The Morgan fingerprint density at radius 3 is 0.797 bits per heavy atom. The monoisotopic (exact) mass is 1940 g/mol. The summed E-state index contributed by atoms with van der Waals surface area (Å²) in [7, 11) is 0. The number of amides is 10. The average Bonchev–Trinajstić information content (AvgIpc) is 0.855. The summed E-state index contributed by atoms with van der Waals surface area (Å²) >= 11 is 0. The molecule has 44 heteroatoms. The fraction of sp³-hybridized carbons (Fsp3) is 0.553. The van der Waals surface area contributed by atoms with E-state index in [2.05, 4.69) is 63.2 Å². The quantitative estimate of drug-likeness (QED) is 0.00493.